The first kappa shape index (κ1) is 16.7. The minimum atomic E-state index is -0.142. The molecule has 1 aromatic carbocycles. The molecular formula is C16H17N5OS2. The number of thioether (sulfide) groups is 1. The second-order valence-corrected chi connectivity index (χ2v) is 7.22. The fourth-order valence-corrected chi connectivity index (χ4v) is 3.67. The van der Waals surface area contributed by atoms with Gasteiger partial charge in [-0.1, -0.05) is 47.7 Å². The molecule has 1 amide bonds. The van der Waals surface area contributed by atoms with Crippen molar-refractivity contribution in [1.29, 1.82) is 0 Å². The molecule has 24 heavy (non-hydrogen) atoms. The predicted molar refractivity (Wildman–Crippen MR) is 95.0 cm³/mol. The lowest BCUT2D eigenvalue weighted by Gasteiger charge is -2.18. The number of hydrogen-bond acceptors (Lipinski definition) is 6. The Bertz CT molecular complexity index is 798. The molecule has 0 spiro atoms. The molecule has 0 bridgehead atoms. The number of nitrogens with one attached hydrogen (secondary N) is 1. The Labute approximate surface area is 148 Å². The normalized spacial score (nSPS) is 12.1. The molecule has 2 aromatic heterocycles. The fourth-order valence-electron chi connectivity index (χ4n) is 2.21. The highest BCUT2D eigenvalue weighted by molar-refractivity contribution is 7.99. The third-order valence-electron chi connectivity index (χ3n) is 3.46. The second kappa shape index (κ2) is 7.59. The van der Waals surface area contributed by atoms with Crippen LogP contribution in [0.1, 0.15) is 22.0 Å². The van der Waals surface area contributed by atoms with Gasteiger partial charge in [-0.05, 0) is 34.4 Å². The van der Waals surface area contributed by atoms with E-state index in [4.69, 9.17) is 0 Å². The van der Waals surface area contributed by atoms with Gasteiger partial charge in [0.1, 0.15) is 0 Å². The van der Waals surface area contributed by atoms with E-state index in [1.165, 1.54) is 17.3 Å². The van der Waals surface area contributed by atoms with Crippen LogP contribution < -0.4 is 5.32 Å². The highest BCUT2D eigenvalue weighted by atomic mass is 32.2. The third kappa shape index (κ3) is 4.01. The van der Waals surface area contributed by atoms with Crippen LogP contribution in [0.4, 0.5) is 0 Å². The molecule has 0 radical (unpaired) electrons. The summed E-state index contributed by atoms with van der Waals surface area (Å²) in [7, 11) is 1.75. The molecule has 0 saturated carbocycles. The third-order valence-corrected chi connectivity index (χ3v) is 5.41. The maximum absolute atomic E-state index is 12.4. The van der Waals surface area contributed by atoms with Gasteiger partial charge in [-0.15, -0.1) is 16.4 Å². The quantitative estimate of drug-likeness (QED) is 0.685. The summed E-state index contributed by atoms with van der Waals surface area (Å²) in [6.45, 7) is 2.05. The van der Waals surface area contributed by atoms with Gasteiger partial charge in [0, 0.05) is 11.9 Å². The first-order chi connectivity index (χ1) is 11.6. The van der Waals surface area contributed by atoms with E-state index < -0.39 is 0 Å². The van der Waals surface area contributed by atoms with Gasteiger partial charge in [0.15, 0.2) is 0 Å². The number of hydrogen-bond donors (Lipinski definition) is 1. The van der Waals surface area contributed by atoms with Gasteiger partial charge in [-0.3, -0.25) is 4.79 Å². The standard InChI is InChI=1S/C16H17N5OS2/c1-11-5-7-12(8-6-11)15(13-4-3-9-23-13)17-14(22)10-24-16-18-19-20-21(16)2/h3-9,15H,10H2,1-2H3,(H,17,22)/t15-/m1/s1. The van der Waals surface area contributed by atoms with Crippen molar-refractivity contribution in [2.45, 2.75) is 18.1 Å². The molecule has 0 fully saturated rings. The number of tetrazole rings is 1. The minimum Gasteiger partial charge on any atom is -0.344 e. The monoisotopic (exact) mass is 359 g/mol. The molecule has 0 unspecified atom stereocenters. The number of nitrogens with zero attached hydrogens (tertiary/aromatic N) is 4. The Balaban J connectivity index is 1.71. The van der Waals surface area contributed by atoms with Crippen LogP contribution in [-0.4, -0.2) is 31.9 Å². The summed E-state index contributed by atoms with van der Waals surface area (Å²) < 4.78 is 1.55. The Morgan fingerprint density at radius 3 is 2.75 bits per heavy atom. The number of carbonyl (C=O) groups is 1. The molecule has 0 aliphatic heterocycles. The van der Waals surface area contributed by atoms with Crippen LogP contribution >= 0.6 is 23.1 Å². The van der Waals surface area contributed by atoms with E-state index in [-0.39, 0.29) is 17.7 Å². The van der Waals surface area contributed by atoms with Crippen LogP contribution in [0.2, 0.25) is 0 Å². The van der Waals surface area contributed by atoms with Crippen molar-refractivity contribution < 1.29 is 4.79 Å². The Kier molecular flexibility index (Phi) is 5.27. The van der Waals surface area contributed by atoms with Crippen LogP contribution in [0, 0.1) is 6.92 Å². The molecule has 0 aliphatic carbocycles. The molecule has 6 nitrogen and oxygen atoms in total. The summed E-state index contributed by atoms with van der Waals surface area (Å²) in [5.74, 6) is 0.212. The summed E-state index contributed by atoms with van der Waals surface area (Å²) in [5, 5.41) is 16.9. The lowest BCUT2D eigenvalue weighted by molar-refractivity contribution is -0.119. The molecule has 8 heteroatoms. The summed E-state index contributed by atoms with van der Waals surface area (Å²) in [4.78, 5) is 13.5. The smallest absolute Gasteiger partial charge is 0.231 e. The fraction of sp³-hybridized carbons (Fsp3) is 0.250. The number of benzene rings is 1. The molecule has 2 heterocycles. The number of amides is 1. The van der Waals surface area contributed by atoms with Crippen molar-refractivity contribution in [2.75, 3.05) is 5.75 Å². The van der Waals surface area contributed by atoms with E-state index in [2.05, 4.69) is 45.1 Å². The van der Waals surface area contributed by atoms with Crippen molar-refractivity contribution >= 4 is 29.0 Å². The van der Waals surface area contributed by atoms with Crippen LogP contribution in [0.25, 0.3) is 0 Å². The number of rotatable bonds is 6. The van der Waals surface area contributed by atoms with Gasteiger partial charge in [-0.2, -0.15) is 0 Å². The topological polar surface area (TPSA) is 72.7 Å². The average Bonchev–Trinajstić information content (AvgIpc) is 3.23. The van der Waals surface area contributed by atoms with Gasteiger partial charge in [0.05, 0.1) is 11.8 Å². The summed E-state index contributed by atoms with van der Waals surface area (Å²) in [5.41, 5.74) is 2.27. The lowest BCUT2D eigenvalue weighted by Crippen LogP contribution is -2.30. The van der Waals surface area contributed by atoms with E-state index >= 15 is 0 Å². The minimum absolute atomic E-state index is 0.0537. The van der Waals surface area contributed by atoms with Crippen molar-refractivity contribution in [1.82, 2.24) is 25.5 Å². The number of aryl methyl sites for hydroxylation is 2. The van der Waals surface area contributed by atoms with E-state index in [0.717, 1.165) is 10.4 Å². The van der Waals surface area contributed by atoms with Crippen LogP contribution in [0.5, 0.6) is 0 Å². The zero-order chi connectivity index (χ0) is 16.9. The first-order valence-electron chi connectivity index (χ1n) is 7.38. The van der Waals surface area contributed by atoms with E-state index in [0.29, 0.717) is 5.16 Å². The summed E-state index contributed by atoms with van der Waals surface area (Å²) in [6, 6.07) is 12.1. The van der Waals surface area contributed by atoms with Crippen molar-refractivity contribution in [3.8, 4) is 0 Å². The zero-order valence-electron chi connectivity index (χ0n) is 13.3. The van der Waals surface area contributed by atoms with E-state index in [1.807, 2.05) is 24.4 Å². The zero-order valence-corrected chi connectivity index (χ0v) is 15.0. The number of carbonyl (C=O) groups excluding carboxylic acids is 1. The molecule has 0 saturated heterocycles. The van der Waals surface area contributed by atoms with Gasteiger partial charge in [-0.25, -0.2) is 4.68 Å². The molecule has 124 valence electrons. The summed E-state index contributed by atoms with van der Waals surface area (Å²) >= 11 is 2.95. The maximum atomic E-state index is 12.4. The van der Waals surface area contributed by atoms with E-state index in [1.54, 1.807) is 23.1 Å². The maximum Gasteiger partial charge on any atom is 0.231 e. The van der Waals surface area contributed by atoms with Crippen LogP contribution in [0.3, 0.4) is 0 Å². The molecule has 1 atom stereocenters. The molecule has 1 N–H and O–H groups in total. The van der Waals surface area contributed by atoms with Gasteiger partial charge in [0.2, 0.25) is 11.1 Å². The second-order valence-electron chi connectivity index (χ2n) is 5.30. The SMILES string of the molecule is Cc1ccc([C@@H](NC(=O)CSc2nnnn2C)c2cccs2)cc1. The Hall–Kier alpha value is -2.19. The van der Waals surface area contributed by atoms with Gasteiger partial charge < -0.3 is 5.32 Å². The largest absolute Gasteiger partial charge is 0.344 e. The average molecular weight is 359 g/mol. The Morgan fingerprint density at radius 1 is 1.33 bits per heavy atom. The van der Waals surface area contributed by atoms with Gasteiger partial charge >= 0.3 is 0 Å². The molecule has 0 aliphatic rings. The molecule has 3 aromatic rings. The van der Waals surface area contributed by atoms with Crippen LogP contribution in [0.15, 0.2) is 46.9 Å². The molecular weight excluding hydrogens is 342 g/mol. The first-order valence-corrected chi connectivity index (χ1v) is 9.24. The van der Waals surface area contributed by atoms with Crippen molar-refractivity contribution in [3.05, 3.63) is 57.8 Å². The highest BCUT2D eigenvalue weighted by Gasteiger charge is 2.18. The van der Waals surface area contributed by atoms with Crippen molar-refractivity contribution in [3.63, 3.8) is 0 Å². The Morgan fingerprint density at radius 2 is 2.12 bits per heavy atom. The van der Waals surface area contributed by atoms with Crippen molar-refractivity contribution in [2.24, 2.45) is 7.05 Å². The molecule has 3 rings (SSSR count). The van der Waals surface area contributed by atoms with E-state index in [9.17, 15) is 4.79 Å². The predicted octanol–water partition coefficient (Wildman–Crippen LogP) is 2.58. The van der Waals surface area contributed by atoms with Gasteiger partial charge in [0.25, 0.3) is 0 Å². The highest BCUT2D eigenvalue weighted by Crippen LogP contribution is 2.26. The lowest BCUT2D eigenvalue weighted by atomic mass is 10.0. The number of thiophene rings is 1. The van der Waals surface area contributed by atoms with Crippen LogP contribution in [-0.2, 0) is 11.8 Å². The summed E-state index contributed by atoms with van der Waals surface area (Å²) in [6.07, 6.45) is 0. The number of aromatic nitrogens is 4.